The van der Waals surface area contributed by atoms with Crippen LogP contribution in [0.25, 0.3) is 5.69 Å². The fourth-order valence-electron chi connectivity index (χ4n) is 1.54. The molecule has 0 bridgehead atoms. The molecule has 3 nitrogen and oxygen atoms in total. The minimum atomic E-state index is 0.722. The Morgan fingerprint density at radius 2 is 2.25 bits per heavy atom. The van der Waals surface area contributed by atoms with Crippen molar-refractivity contribution in [3.8, 4) is 5.69 Å². The van der Waals surface area contributed by atoms with Gasteiger partial charge in [0.25, 0.3) is 0 Å². The third-order valence-electron chi connectivity index (χ3n) is 2.34. The van der Waals surface area contributed by atoms with E-state index >= 15 is 0 Å². The van der Waals surface area contributed by atoms with Crippen LogP contribution in [0.2, 0.25) is 0 Å². The van der Waals surface area contributed by atoms with Gasteiger partial charge < -0.3 is 0 Å². The number of nitrogens with zero attached hydrogens (tertiary/aromatic N) is 2. The Labute approximate surface area is 104 Å². The quantitative estimate of drug-likeness (QED) is 0.629. The molecule has 82 valence electrons. The molecule has 0 radical (unpaired) electrons. The predicted octanol–water partition coefficient (Wildman–Crippen LogP) is 2.26. The van der Waals surface area contributed by atoms with Gasteiger partial charge in [0.1, 0.15) is 0 Å². The largest absolute Gasteiger partial charge is 0.298 e. The topological polar surface area (TPSA) is 34.9 Å². The summed E-state index contributed by atoms with van der Waals surface area (Å²) < 4.78 is 2.69. The van der Waals surface area contributed by atoms with Gasteiger partial charge in [-0.15, -0.1) is 9.24 Å². The van der Waals surface area contributed by atoms with E-state index in [4.69, 9.17) is 0 Å². The number of hydrogen-bond acceptors (Lipinski definition) is 2. The number of aldehydes is 1. The van der Waals surface area contributed by atoms with E-state index in [2.05, 4.69) is 30.3 Å². The predicted molar refractivity (Wildman–Crippen MR) is 70.7 cm³/mol. The summed E-state index contributed by atoms with van der Waals surface area (Å²) in [6, 6.07) is 3.86. The van der Waals surface area contributed by atoms with Crippen LogP contribution in [-0.2, 0) is 0 Å². The number of aromatic nitrogens is 2. The van der Waals surface area contributed by atoms with Crippen molar-refractivity contribution in [1.29, 1.82) is 0 Å². The summed E-state index contributed by atoms with van der Waals surface area (Å²) in [6.07, 6.45) is 4.48. The maximum absolute atomic E-state index is 10.9. The molecule has 0 aliphatic heterocycles. The average molecular weight is 297 g/mol. The molecule has 0 saturated carbocycles. The number of halogens is 1. The SMILES string of the molecule is Cc1cc(-n2cc(Br)cn2)cc(P)c1C=O. The molecule has 0 saturated heterocycles. The first-order valence-electron chi connectivity index (χ1n) is 4.67. The molecule has 1 unspecified atom stereocenters. The Balaban J connectivity index is 2.56. The molecule has 0 aliphatic rings. The highest BCUT2D eigenvalue weighted by molar-refractivity contribution is 9.10. The highest BCUT2D eigenvalue weighted by Gasteiger charge is 2.06. The van der Waals surface area contributed by atoms with Crippen LogP contribution in [0, 0.1) is 6.92 Å². The van der Waals surface area contributed by atoms with Crippen LogP contribution < -0.4 is 5.30 Å². The fraction of sp³-hybridized carbons (Fsp3) is 0.0909. The molecule has 0 N–H and O–H groups in total. The highest BCUT2D eigenvalue weighted by atomic mass is 79.9. The molecule has 1 aromatic heterocycles. The Bertz CT molecular complexity index is 528. The average Bonchev–Trinajstić information content (AvgIpc) is 2.64. The van der Waals surface area contributed by atoms with E-state index in [1.54, 1.807) is 10.9 Å². The van der Waals surface area contributed by atoms with E-state index in [0.717, 1.165) is 32.9 Å². The Morgan fingerprint density at radius 1 is 1.50 bits per heavy atom. The summed E-state index contributed by atoms with van der Waals surface area (Å²) in [4.78, 5) is 10.9. The lowest BCUT2D eigenvalue weighted by molar-refractivity contribution is 0.112. The third kappa shape index (κ3) is 2.08. The Kier molecular flexibility index (Phi) is 3.22. The Hall–Kier alpha value is -0.990. The van der Waals surface area contributed by atoms with E-state index in [0.29, 0.717) is 0 Å². The van der Waals surface area contributed by atoms with Crippen LogP contribution in [-0.4, -0.2) is 16.1 Å². The minimum Gasteiger partial charge on any atom is -0.298 e. The molecule has 2 rings (SSSR count). The van der Waals surface area contributed by atoms with Crippen molar-refractivity contribution in [1.82, 2.24) is 9.78 Å². The highest BCUT2D eigenvalue weighted by Crippen LogP contribution is 2.16. The first-order chi connectivity index (χ1) is 7.61. The Morgan fingerprint density at radius 3 is 2.75 bits per heavy atom. The molecule has 0 amide bonds. The second kappa shape index (κ2) is 4.48. The summed E-state index contributed by atoms with van der Waals surface area (Å²) in [5, 5.41) is 5.08. The number of aryl methyl sites for hydroxylation is 1. The van der Waals surface area contributed by atoms with Crippen LogP contribution in [0.1, 0.15) is 15.9 Å². The van der Waals surface area contributed by atoms with Gasteiger partial charge in [0.15, 0.2) is 6.29 Å². The summed E-state index contributed by atoms with van der Waals surface area (Å²) in [6.45, 7) is 1.92. The van der Waals surface area contributed by atoms with Gasteiger partial charge in [-0.25, -0.2) is 4.68 Å². The molecular formula is C11H10BrN2OP. The van der Waals surface area contributed by atoms with Gasteiger partial charge in [0, 0.05) is 11.8 Å². The maximum atomic E-state index is 10.9. The van der Waals surface area contributed by atoms with Crippen molar-refractivity contribution in [3.05, 3.63) is 40.1 Å². The van der Waals surface area contributed by atoms with Crippen molar-refractivity contribution in [3.63, 3.8) is 0 Å². The van der Waals surface area contributed by atoms with E-state index in [1.807, 2.05) is 25.3 Å². The first-order valence-corrected chi connectivity index (χ1v) is 6.04. The first kappa shape index (κ1) is 11.5. The smallest absolute Gasteiger partial charge is 0.150 e. The summed E-state index contributed by atoms with van der Waals surface area (Å²) in [5.74, 6) is 0. The number of carbonyl (C=O) groups excluding carboxylic acids is 1. The zero-order chi connectivity index (χ0) is 11.7. The normalized spacial score (nSPS) is 10.4. The lowest BCUT2D eigenvalue weighted by atomic mass is 10.1. The third-order valence-corrected chi connectivity index (χ3v) is 3.22. The fourth-order valence-corrected chi connectivity index (χ4v) is 2.29. The lowest BCUT2D eigenvalue weighted by Gasteiger charge is -2.07. The number of benzene rings is 1. The van der Waals surface area contributed by atoms with Gasteiger partial charge in [0.05, 0.1) is 16.4 Å². The summed E-state index contributed by atoms with van der Waals surface area (Å²) in [5.41, 5.74) is 2.61. The summed E-state index contributed by atoms with van der Waals surface area (Å²) >= 11 is 3.35. The van der Waals surface area contributed by atoms with Gasteiger partial charge >= 0.3 is 0 Å². The molecule has 16 heavy (non-hydrogen) atoms. The van der Waals surface area contributed by atoms with E-state index < -0.39 is 0 Å². The van der Waals surface area contributed by atoms with Gasteiger partial charge in [-0.05, 0) is 45.9 Å². The summed E-state index contributed by atoms with van der Waals surface area (Å²) in [7, 11) is 2.57. The second-order valence-electron chi connectivity index (χ2n) is 3.49. The second-order valence-corrected chi connectivity index (χ2v) is 5.02. The van der Waals surface area contributed by atoms with Crippen LogP contribution >= 0.6 is 25.2 Å². The van der Waals surface area contributed by atoms with Gasteiger partial charge in [0.2, 0.25) is 0 Å². The van der Waals surface area contributed by atoms with Crippen molar-refractivity contribution in [2.24, 2.45) is 0 Å². The van der Waals surface area contributed by atoms with Crippen LogP contribution in [0.15, 0.2) is 29.0 Å². The molecule has 5 heteroatoms. The molecule has 1 heterocycles. The van der Waals surface area contributed by atoms with Crippen molar-refractivity contribution < 1.29 is 4.79 Å². The molecule has 0 spiro atoms. The molecular weight excluding hydrogens is 287 g/mol. The van der Waals surface area contributed by atoms with Crippen molar-refractivity contribution >= 4 is 36.8 Å². The monoisotopic (exact) mass is 296 g/mol. The van der Waals surface area contributed by atoms with Crippen LogP contribution in [0.5, 0.6) is 0 Å². The molecule has 1 aromatic carbocycles. The van der Waals surface area contributed by atoms with Gasteiger partial charge in [-0.1, -0.05) is 0 Å². The molecule has 0 aliphatic carbocycles. The van der Waals surface area contributed by atoms with Crippen molar-refractivity contribution in [2.45, 2.75) is 6.92 Å². The zero-order valence-corrected chi connectivity index (χ0v) is 11.4. The molecule has 0 fully saturated rings. The van der Waals surface area contributed by atoms with Gasteiger partial charge in [-0.2, -0.15) is 5.10 Å². The maximum Gasteiger partial charge on any atom is 0.150 e. The zero-order valence-electron chi connectivity index (χ0n) is 8.64. The van der Waals surface area contributed by atoms with Crippen LogP contribution in [0.3, 0.4) is 0 Å². The number of rotatable bonds is 2. The van der Waals surface area contributed by atoms with E-state index in [1.165, 1.54) is 0 Å². The molecule has 2 aromatic rings. The van der Waals surface area contributed by atoms with Gasteiger partial charge in [-0.3, -0.25) is 4.79 Å². The number of hydrogen-bond donors (Lipinski definition) is 0. The van der Waals surface area contributed by atoms with E-state index in [-0.39, 0.29) is 0 Å². The van der Waals surface area contributed by atoms with E-state index in [9.17, 15) is 4.79 Å². The minimum absolute atomic E-state index is 0.722. The molecule has 1 atom stereocenters. The van der Waals surface area contributed by atoms with Crippen LogP contribution in [0.4, 0.5) is 0 Å². The number of carbonyl (C=O) groups is 1. The van der Waals surface area contributed by atoms with Crippen molar-refractivity contribution in [2.75, 3.05) is 0 Å². The standard InChI is InChI=1S/C11H10BrN2OP/c1-7-2-9(3-11(16)10(7)6-15)14-5-8(12)4-13-14/h2-6H,16H2,1H3. The lowest BCUT2D eigenvalue weighted by Crippen LogP contribution is -2.07.